The van der Waals surface area contributed by atoms with Crippen LogP contribution in [0.2, 0.25) is 0 Å². The molecular formula is C32H35N6O7S+. The van der Waals surface area contributed by atoms with Gasteiger partial charge in [0.2, 0.25) is 17.2 Å². The van der Waals surface area contributed by atoms with Crippen LogP contribution in [0.3, 0.4) is 0 Å². The third kappa shape index (κ3) is 7.41. The van der Waals surface area contributed by atoms with Crippen LogP contribution in [0.1, 0.15) is 35.7 Å². The summed E-state index contributed by atoms with van der Waals surface area (Å²) in [5, 5.41) is 3.47. The van der Waals surface area contributed by atoms with E-state index in [2.05, 4.69) is 15.3 Å². The Morgan fingerprint density at radius 2 is 1.89 bits per heavy atom. The Balaban J connectivity index is 1.24. The number of fused-ring (bicyclic) bond motifs is 3. The van der Waals surface area contributed by atoms with Crippen LogP contribution >= 0.6 is 0 Å². The summed E-state index contributed by atoms with van der Waals surface area (Å²) in [5.41, 5.74) is 10.2. The van der Waals surface area contributed by atoms with Gasteiger partial charge in [-0.15, -0.1) is 0 Å². The molecule has 0 unspecified atom stereocenters. The number of anilines is 1. The van der Waals surface area contributed by atoms with E-state index >= 15 is 0 Å². The number of primary amides is 1. The van der Waals surface area contributed by atoms with Crippen molar-refractivity contribution in [2.75, 3.05) is 38.1 Å². The van der Waals surface area contributed by atoms with Gasteiger partial charge in [0.15, 0.2) is 17.9 Å². The van der Waals surface area contributed by atoms with Crippen LogP contribution in [0.15, 0.2) is 65.2 Å². The third-order valence-corrected chi connectivity index (χ3v) is 8.63. The molecule has 0 saturated carbocycles. The van der Waals surface area contributed by atoms with Gasteiger partial charge in [0.25, 0.3) is 5.12 Å². The molecule has 0 bridgehead atoms. The number of aromatic nitrogens is 2. The van der Waals surface area contributed by atoms with Gasteiger partial charge in [-0.3, -0.25) is 18.9 Å². The number of H-pyrrole nitrogens is 1. The molecular weight excluding hydrogens is 612 g/mol. The van der Waals surface area contributed by atoms with Crippen LogP contribution in [0.4, 0.5) is 5.69 Å². The lowest BCUT2D eigenvalue weighted by Gasteiger charge is -2.22. The quantitative estimate of drug-likeness (QED) is 0.0894. The Hall–Kier alpha value is -5.08. The van der Waals surface area contributed by atoms with Crippen LogP contribution in [-0.4, -0.2) is 73.1 Å². The second kappa shape index (κ2) is 13.5. The second-order valence-corrected chi connectivity index (χ2v) is 12.3. The summed E-state index contributed by atoms with van der Waals surface area (Å²) in [7, 11) is -2.84. The van der Waals surface area contributed by atoms with E-state index in [1.165, 1.54) is 0 Å². The van der Waals surface area contributed by atoms with Crippen molar-refractivity contribution >= 4 is 54.7 Å². The fourth-order valence-electron chi connectivity index (χ4n) is 5.22. The van der Waals surface area contributed by atoms with Crippen LogP contribution in [0.5, 0.6) is 0 Å². The number of benzene rings is 3. The molecule has 240 valence electrons. The highest BCUT2D eigenvalue weighted by atomic mass is 32.2. The van der Waals surface area contributed by atoms with E-state index in [1.54, 1.807) is 29.2 Å². The molecule has 0 radical (unpaired) electrons. The van der Waals surface area contributed by atoms with Crippen LogP contribution in [-0.2, 0) is 26.1 Å². The van der Waals surface area contributed by atoms with Crippen molar-refractivity contribution in [3.05, 3.63) is 77.3 Å². The fraction of sp³-hybridized carbons (Fsp3) is 0.281. The van der Waals surface area contributed by atoms with E-state index in [0.29, 0.717) is 59.9 Å². The number of nitrogens with zero attached hydrogens (tertiary/aromatic N) is 3. The minimum Gasteiger partial charge on any atom is -0.452 e. The Labute approximate surface area is 264 Å². The molecule has 1 aromatic heterocycles. The number of aromatic amines is 1. The molecule has 1 aliphatic carbocycles. The summed E-state index contributed by atoms with van der Waals surface area (Å²) < 4.78 is 39.3. The zero-order chi connectivity index (χ0) is 33.0. The number of carbonyl (C=O) groups is 3. The van der Waals surface area contributed by atoms with Gasteiger partial charge in [-0.1, -0.05) is 0 Å². The molecule has 0 atom stereocenters. The molecule has 0 saturated heterocycles. The van der Waals surface area contributed by atoms with Crippen molar-refractivity contribution in [1.82, 2.24) is 19.9 Å². The monoisotopic (exact) mass is 647 g/mol. The molecule has 2 heterocycles. The van der Waals surface area contributed by atoms with Gasteiger partial charge in [-0.2, -0.15) is 8.42 Å². The number of carbonyl (C=O) groups excluding carboxylic acids is 3. The van der Waals surface area contributed by atoms with Gasteiger partial charge in [0.1, 0.15) is 18.3 Å². The Kier molecular flexibility index (Phi) is 9.49. The van der Waals surface area contributed by atoms with Gasteiger partial charge in [-0.25, -0.2) is 9.56 Å². The SMILES string of the molecule is CCN(CCC(=O)S(=O)(=O)O)c1ccc2nc3ccc(=[N+](C)CCC(=O)NCCc4c[nH]c5ccc(C(N)=O)cc45)cc-3oc2c1. The summed E-state index contributed by atoms with van der Waals surface area (Å²) in [6.45, 7) is 3.37. The summed E-state index contributed by atoms with van der Waals surface area (Å²) in [4.78, 5) is 45.5. The molecule has 2 aromatic carbocycles. The normalized spacial score (nSPS) is 12.4. The molecule has 0 spiro atoms. The van der Waals surface area contributed by atoms with Crippen molar-refractivity contribution in [2.45, 2.75) is 26.2 Å². The topological polar surface area (TPSA) is 192 Å². The zero-order valence-electron chi connectivity index (χ0n) is 25.4. The smallest absolute Gasteiger partial charge is 0.328 e. The van der Waals surface area contributed by atoms with E-state index < -0.39 is 21.1 Å². The zero-order valence-corrected chi connectivity index (χ0v) is 26.3. The summed E-state index contributed by atoms with van der Waals surface area (Å²) in [6, 6.07) is 16.2. The lowest BCUT2D eigenvalue weighted by atomic mass is 10.1. The lowest BCUT2D eigenvalue weighted by Crippen LogP contribution is -2.32. The summed E-state index contributed by atoms with van der Waals surface area (Å²) >= 11 is 0. The Morgan fingerprint density at radius 1 is 1.09 bits per heavy atom. The van der Waals surface area contributed by atoms with Crippen molar-refractivity contribution in [2.24, 2.45) is 5.73 Å². The first-order valence-corrected chi connectivity index (χ1v) is 16.2. The number of hydrogen-bond donors (Lipinski definition) is 4. The molecule has 0 fully saturated rings. The highest BCUT2D eigenvalue weighted by Gasteiger charge is 2.20. The first-order chi connectivity index (χ1) is 21.9. The number of hydrogen-bond acceptors (Lipinski definition) is 8. The highest BCUT2D eigenvalue weighted by molar-refractivity contribution is 8.01. The minimum absolute atomic E-state index is 0.0889. The Morgan fingerprint density at radius 3 is 2.63 bits per heavy atom. The summed E-state index contributed by atoms with van der Waals surface area (Å²) in [5.74, 6) is -0.0348. The van der Waals surface area contributed by atoms with Gasteiger partial charge < -0.3 is 25.4 Å². The lowest BCUT2D eigenvalue weighted by molar-refractivity contribution is -0.121. The first-order valence-electron chi connectivity index (χ1n) is 14.7. The van der Waals surface area contributed by atoms with E-state index in [0.717, 1.165) is 21.8 Å². The average molecular weight is 648 g/mol. The van der Waals surface area contributed by atoms with E-state index in [1.807, 2.05) is 55.1 Å². The van der Waals surface area contributed by atoms with E-state index in [9.17, 15) is 22.8 Å². The number of nitrogens with two attached hydrogens (primary N) is 1. The molecule has 46 heavy (non-hydrogen) atoms. The standard InChI is InChI=1S/C32H34N6O7S/c1-3-38(15-12-31(40)46(42,43)44)23-6-9-27-29(18-23)45-28-17-22(5-8-26(28)36-27)37(2)14-11-30(39)34-13-10-21-19-35-25-7-4-20(32(33)41)16-24(21)25/h4-9,16-19H,3,10-15H2,1-2H3,(H4-,33,34,35,39,41,42,43,44)/p+1. The average Bonchev–Trinajstić information content (AvgIpc) is 3.44. The molecule has 3 aromatic rings. The van der Waals surface area contributed by atoms with Crippen LogP contribution in [0, 0.1) is 0 Å². The number of nitrogens with one attached hydrogen (secondary N) is 2. The van der Waals surface area contributed by atoms with Crippen molar-refractivity contribution < 1.29 is 31.8 Å². The van der Waals surface area contributed by atoms with Crippen molar-refractivity contribution in [3.63, 3.8) is 0 Å². The fourth-order valence-corrected chi connectivity index (χ4v) is 5.57. The Bertz CT molecular complexity index is 2100. The second-order valence-electron chi connectivity index (χ2n) is 10.9. The minimum atomic E-state index is -4.72. The summed E-state index contributed by atoms with van der Waals surface area (Å²) in [6.07, 6.45) is 2.39. The van der Waals surface area contributed by atoms with Gasteiger partial charge in [-0.05, 0) is 55.3 Å². The van der Waals surface area contributed by atoms with Crippen LogP contribution < -0.4 is 25.9 Å². The molecule has 5 N–H and O–H groups in total. The van der Waals surface area contributed by atoms with Crippen molar-refractivity contribution in [1.29, 1.82) is 0 Å². The maximum absolute atomic E-state index is 12.6. The highest BCUT2D eigenvalue weighted by Crippen LogP contribution is 2.27. The van der Waals surface area contributed by atoms with Gasteiger partial charge >= 0.3 is 10.1 Å². The number of rotatable bonds is 12. The number of amides is 2. The molecule has 2 aliphatic rings. The molecule has 1 aliphatic heterocycles. The van der Waals surface area contributed by atoms with E-state index in [-0.39, 0.29) is 25.3 Å². The maximum atomic E-state index is 12.6. The predicted molar refractivity (Wildman–Crippen MR) is 174 cm³/mol. The third-order valence-electron chi connectivity index (χ3n) is 7.85. The molecule has 13 nitrogen and oxygen atoms in total. The van der Waals surface area contributed by atoms with Crippen LogP contribution in [0.25, 0.3) is 33.5 Å². The van der Waals surface area contributed by atoms with Gasteiger partial charge in [0, 0.05) is 66.5 Å². The first kappa shape index (κ1) is 32.3. The molecule has 5 rings (SSSR count). The molecule has 14 heteroatoms. The van der Waals surface area contributed by atoms with E-state index in [4.69, 9.17) is 14.7 Å². The molecule has 2 amide bonds. The van der Waals surface area contributed by atoms with Gasteiger partial charge in [0.05, 0.1) is 12.5 Å². The maximum Gasteiger partial charge on any atom is 0.328 e. The van der Waals surface area contributed by atoms with Crippen molar-refractivity contribution in [3.8, 4) is 11.5 Å². The predicted octanol–water partition coefficient (Wildman–Crippen LogP) is 2.29. The largest absolute Gasteiger partial charge is 0.452 e.